The van der Waals surface area contributed by atoms with E-state index in [0.29, 0.717) is 5.82 Å². The van der Waals surface area contributed by atoms with Crippen molar-refractivity contribution in [1.29, 1.82) is 0 Å². The second-order valence-corrected chi connectivity index (χ2v) is 5.12. The molecule has 3 N–H and O–H groups in total. The van der Waals surface area contributed by atoms with Gasteiger partial charge in [-0.1, -0.05) is 30.3 Å². The Kier molecular flexibility index (Phi) is 4.48. The Morgan fingerprint density at radius 1 is 0.875 bits per heavy atom. The van der Waals surface area contributed by atoms with Crippen LogP contribution in [0.4, 0.5) is 5.82 Å². The molecule has 6 heteroatoms. The number of nitrogens with one attached hydrogen (secondary N) is 1. The van der Waals surface area contributed by atoms with Gasteiger partial charge in [0.05, 0.1) is 5.39 Å². The standard InChI is InChI=1S/C18H14N4O.BrH/c19-17-16-15(10-20-18(16)22-11-21-17)12-6-8-14(9-7-12)23-13-4-2-1-3-5-13;/h1-11H,(H3,19,20,21,22);1H. The average molecular weight is 383 g/mol. The Bertz CT molecular complexity index is 952. The number of anilines is 1. The third-order valence-electron chi connectivity index (χ3n) is 3.64. The van der Waals surface area contributed by atoms with Crippen molar-refractivity contribution in [3.05, 3.63) is 67.1 Å². The highest BCUT2D eigenvalue weighted by atomic mass is 79.9. The lowest BCUT2D eigenvalue weighted by Gasteiger charge is -2.06. The number of nitrogen functional groups attached to an aromatic ring is 1. The summed E-state index contributed by atoms with van der Waals surface area (Å²) < 4.78 is 5.80. The van der Waals surface area contributed by atoms with Crippen molar-refractivity contribution in [2.24, 2.45) is 0 Å². The lowest BCUT2D eigenvalue weighted by Crippen LogP contribution is -1.92. The van der Waals surface area contributed by atoms with Gasteiger partial charge in [0.2, 0.25) is 0 Å². The molecule has 0 amide bonds. The lowest BCUT2D eigenvalue weighted by atomic mass is 10.1. The van der Waals surface area contributed by atoms with Crippen molar-refractivity contribution in [3.63, 3.8) is 0 Å². The molecule has 0 unspecified atom stereocenters. The van der Waals surface area contributed by atoms with Gasteiger partial charge >= 0.3 is 0 Å². The van der Waals surface area contributed by atoms with Gasteiger partial charge in [0, 0.05) is 11.8 Å². The van der Waals surface area contributed by atoms with Gasteiger partial charge in [0.25, 0.3) is 0 Å². The number of aromatic amines is 1. The number of ether oxygens (including phenoxy) is 1. The quantitative estimate of drug-likeness (QED) is 0.543. The second-order valence-electron chi connectivity index (χ2n) is 5.12. The molecule has 0 aliphatic carbocycles. The van der Waals surface area contributed by atoms with Crippen molar-refractivity contribution in [2.75, 3.05) is 5.73 Å². The Hall–Kier alpha value is -2.86. The van der Waals surface area contributed by atoms with Gasteiger partial charge in [-0.25, -0.2) is 9.97 Å². The van der Waals surface area contributed by atoms with E-state index in [-0.39, 0.29) is 17.0 Å². The normalized spacial score (nSPS) is 10.3. The maximum atomic E-state index is 5.98. The first-order valence-electron chi connectivity index (χ1n) is 7.22. The average Bonchev–Trinajstić information content (AvgIpc) is 3.02. The van der Waals surface area contributed by atoms with Gasteiger partial charge in [-0.05, 0) is 29.8 Å². The number of fused-ring (bicyclic) bond motifs is 1. The van der Waals surface area contributed by atoms with Crippen LogP contribution in [0.15, 0.2) is 67.1 Å². The van der Waals surface area contributed by atoms with Crippen LogP contribution in [0.25, 0.3) is 22.2 Å². The van der Waals surface area contributed by atoms with Gasteiger partial charge < -0.3 is 15.5 Å². The Balaban J connectivity index is 0.00000169. The van der Waals surface area contributed by atoms with E-state index in [1.54, 1.807) is 0 Å². The third kappa shape index (κ3) is 2.96. The van der Waals surface area contributed by atoms with Crippen LogP contribution in [0, 0.1) is 0 Å². The second kappa shape index (κ2) is 6.72. The van der Waals surface area contributed by atoms with Crippen LogP contribution < -0.4 is 10.5 Å². The largest absolute Gasteiger partial charge is 0.457 e. The van der Waals surface area contributed by atoms with Crippen LogP contribution >= 0.6 is 17.0 Å². The summed E-state index contributed by atoms with van der Waals surface area (Å²) in [6.07, 6.45) is 3.34. The van der Waals surface area contributed by atoms with Crippen LogP contribution in [-0.4, -0.2) is 15.0 Å². The van der Waals surface area contributed by atoms with E-state index in [2.05, 4.69) is 15.0 Å². The minimum Gasteiger partial charge on any atom is -0.457 e. The summed E-state index contributed by atoms with van der Waals surface area (Å²) in [5.74, 6) is 2.06. The van der Waals surface area contributed by atoms with E-state index in [9.17, 15) is 0 Å². The summed E-state index contributed by atoms with van der Waals surface area (Å²) >= 11 is 0. The summed E-state index contributed by atoms with van der Waals surface area (Å²) in [6, 6.07) is 17.5. The first-order chi connectivity index (χ1) is 11.3. The molecule has 0 aliphatic heterocycles. The van der Waals surface area contributed by atoms with Crippen LogP contribution in [0.5, 0.6) is 11.5 Å². The van der Waals surface area contributed by atoms with Crippen molar-refractivity contribution in [1.82, 2.24) is 15.0 Å². The summed E-state index contributed by atoms with van der Waals surface area (Å²) in [4.78, 5) is 11.4. The molecule has 0 saturated carbocycles. The molecule has 120 valence electrons. The number of H-pyrrole nitrogens is 1. The molecule has 0 aliphatic rings. The number of hydrogen-bond acceptors (Lipinski definition) is 4. The minimum atomic E-state index is 0. The SMILES string of the molecule is Br.Nc1ncnc2[nH]cc(-c3ccc(Oc4ccccc4)cc3)c12. The van der Waals surface area contributed by atoms with Crippen LogP contribution in [0.1, 0.15) is 0 Å². The number of rotatable bonds is 3. The Morgan fingerprint density at radius 2 is 1.58 bits per heavy atom. The molecule has 0 saturated heterocycles. The first-order valence-corrected chi connectivity index (χ1v) is 7.22. The van der Waals surface area contributed by atoms with Gasteiger partial charge in [0.15, 0.2) is 0 Å². The van der Waals surface area contributed by atoms with Crippen LogP contribution in [-0.2, 0) is 0 Å². The molecule has 24 heavy (non-hydrogen) atoms. The predicted octanol–water partition coefficient (Wildman–Crippen LogP) is 4.58. The molecule has 0 atom stereocenters. The molecule has 2 aromatic carbocycles. The molecule has 0 spiro atoms. The van der Waals surface area contributed by atoms with Crippen molar-refractivity contribution in [3.8, 4) is 22.6 Å². The van der Waals surface area contributed by atoms with E-state index < -0.39 is 0 Å². The lowest BCUT2D eigenvalue weighted by molar-refractivity contribution is 0.483. The molecular weight excluding hydrogens is 368 g/mol. The van der Waals surface area contributed by atoms with Crippen molar-refractivity contribution in [2.45, 2.75) is 0 Å². The molecule has 0 radical (unpaired) electrons. The fraction of sp³-hybridized carbons (Fsp3) is 0. The molecule has 0 fully saturated rings. The van der Waals surface area contributed by atoms with E-state index in [1.165, 1.54) is 6.33 Å². The Labute approximate surface area is 149 Å². The fourth-order valence-electron chi connectivity index (χ4n) is 2.54. The number of benzene rings is 2. The zero-order chi connectivity index (χ0) is 15.6. The van der Waals surface area contributed by atoms with Gasteiger partial charge in [-0.2, -0.15) is 0 Å². The first kappa shape index (κ1) is 16.0. The third-order valence-corrected chi connectivity index (χ3v) is 3.64. The Morgan fingerprint density at radius 3 is 2.33 bits per heavy atom. The smallest absolute Gasteiger partial charge is 0.143 e. The topological polar surface area (TPSA) is 76.8 Å². The minimum absolute atomic E-state index is 0. The monoisotopic (exact) mass is 382 g/mol. The molecule has 5 nitrogen and oxygen atoms in total. The number of halogens is 1. The molecule has 4 aromatic rings. The van der Waals surface area contributed by atoms with Gasteiger partial charge in [-0.3, -0.25) is 0 Å². The zero-order valence-corrected chi connectivity index (χ0v) is 14.4. The highest BCUT2D eigenvalue weighted by Gasteiger charge is 2.10. The van der Waals surface area contributed by atoms with Crippen LogP contribution in [0.2, 0.25) is 0 Å². The highest BCUT2D eigenvalue weighted by molar-refractivity contribution is 8.93. The summed E-state index contributed by atoms with van der Waals surface area (Å²) in [5, 5.41) is 0.837. The van der Waals surface area contributed by atoms with E-state index in [1.807, 2.05) is 60.8 Å². The van der Waals surface area contributed by atoms with Gasteiger partial charge in [-0.15, -0.1) is 17.0 Å². The number of nitrogens with two attached hydrogens (primary N) is 1. The van der Waals surface area contributed by atoms with Crippen molar-refractivity contribution >= 4 is 33.8 Å². The van der Waals surface area contributed by atoms with E-state index >= 15 is 0 Å². The van der Waals surface area contributed by atoms with E-state index in [0.717, 1.165) is 33.7 Å². The maximum Gasteiger partial charge on any atom is 0.143 e. The molecule has 2 aromatic heterocycles. The van der Waals surface area contributed by atoms with Crippen LogP contribution in [0.3, 0.4) is 0 Å². The molecule has 2 heterocycles. The maximum absolute atomic E-state index is 5.98. The number of hydrogen-bond donors (Lipinski definition) is 2. The van der Waals surface area contributed by atoms with E-state index in [4.69, 9.17) is 10.5 Å². The number of nitrogens with zero attached hydrogens (tertiary/aromatic N) is 2. The highest BCUT2D eigenvalue weighted by Crippen LogP contribution is 2.32. The molecular formula is C18H15BrN4O. The summed E-state index contributed by atoms with van der Waals surface area (Å²) in [6.45, 7) is 0. The fourth-order valence-corrected chi connectivity index (χ4v) is 2.54. The zero-order valence-electron chi connectivity index (χ0n) is 12.6. The molecule has 4 rings (SSSR count). The number of para-hydroxylation sites is 1. The molecule has 0 bridgehead atoms. The summed E-state index contributed by atoms with van der Waals surface area (Å²) in [7, 11) is 0. The summed E-state index contributed by atoms with van der Waals surface area (Å²) in [5.41, 5.74) is 8.71. The van der Waals surface area contributed by atoms with Gasteiger partial charge in [0.1, 0.15) is 29.3 Å². The van der Waals surface area contributed by atoms with Crippen molar-refractivity contribution < 1.29 is 4.74 Å². The number of aromatic nitrogens is 3. The predicted molar refractivity (Wildman–Crippen MR) is 101 cm³/mol.